The summed E-state index contributed by atoms with van der Waals surface area (Å²) >= 11 is 0. The molecule has 0 aromatic carbocycles. The highest BCUT2D eigenvalue weighted by atomic mass is 31.2. The molecular formula is C25H44N5O8P. The van der Waals surface area contributed by atoms with Crippen molar-refractivity contribution in [2.24, 2.45) is 5.11 Å². The first kappa shape index (κ1) is 33.2. The lowest BCUT2D eigenvalue weighted by Crippen LogP contribution is -2.33. The molecule has 0 amide bonds. The first-order chi connectivity index (χ1) is 18.7. The zero-order valence-electron chi connectivity index (χ0n) is 23.3. The fraction of sp³-hybridized carbons (Fsp3) is 0.840. The van der Waals surface area contributed by atoms with Crippen molar-refractivity contribution >= 4 is 7.82 Å². The molecule has 14 heteroatoms. The van der Waals surface area contributed by atoms with Crippen LogP contribution in [0.15, 0.2) is 20.9 Å². The van der Waals surface area contributed by atoms with Crippen LogP contribution in [-0.4, -0.2) is 52.5 Å². The second-order valence-corrected chi connectivity index (χ2v) is 11.5. The minimum Gasteiger partial charge on any atom is -0.376 e. The van der Waals surface area contributed by atoms with E-state index in [0.717, 1.165) is 12.8 Å². The second-order valence-electron chi connectivity index (χ2n) is 10.0. The number of hydrogen-bond donors (Lipinski definition) is 2. The molecule has 5 atom stereocenters. The summed E-state index contributed by atoms with van der Waals surface area (Å²) < 4.78 is 35.2. The monoisotopic (exact) mass is 573 g/mol. The zero-order chi connectivity index (χ0) is 28.7. The maximum absolute atomic E-state index is 12.4. The summed E-state index contributed by atoms with van der Waals surface area (Å²) in [7, 11) is -4.44. The summed E-state index contributed by atoms with van der Waals surface area (Å²) in [5.74, 6) is 0. The van der Waals surface area contributed by atoms with Gasteiger partial charge in [0.15, 0.2) is 0 Å². The highest BCUT2D eigenvalue weighted by Crippen LogP contribution is 2.44. The molecule has 1 aliphatic rings. The van der Waals surface area contributed by atoms with Gasteiger partial charge >= 0.3 is 13.5 Å². The van der Waals surface area contributed by atoms with E-state index in [-0.39, 0.29) is 13.0 Å². The second kappa shape index (κ2) is 17.7. The molecule has 1 aromatic rings. The van der Waals surface area contributed by atoms with Crippen LogP contribution in [0.2, 0.25) is 0 Å². The Kier molecular flexibility index (Phi) is 15.0. The van der Waals surface area contributed by atoms with Crippen LogP contribution in [0.4, 0.5) is 0 Å². The van der Waals surface area contributed by atoms with Crippen LogP contribution in [0.3, 0.4) is 0 Å². The molecule has 2 unspecified atom stereocenters. The van der Waals surface area contributed by atoms with Gasteiger partial charge in [-0.15, -0.1) is 0 Å². The molecule has 2 heterocycles. The van der Waals surface area contributed by atoms with Gasteiger partial charge in [-0.25, -0.2) is 9.36 Å². The van der Waals surface area contributed by atoms with Gasteiger partial charge < -0.3 is 14.4 Å². The molecule has 13 nitrogen and oxygen atoms in total. The Morgan fingerprint density at radius 2 is 1.82 bits per heavy atom. The van der Waals surface area contributed by atoms with E-state index in [0.29, 0.717) is 12.2 Å². The predicted molar refractivity (Wildman–Crippen MR) is 147 cm³/mol. The number of rotatable bonds is 20. The number of H-pyrrole nitrogens is 1. The van der Waals surface area contributed by atoms with Gasteiger partial charge in [-0.3, -0.25) is 23.4 Å². The number of aromatic amines is 1. The van der Waals surface area contributed by atoms with E-state index >= 15 is 0 Å². The van der Waals surface area contributed by atoms with Gasteiger partial charge in [0.2, 0.25) is 0 Å². The number of hydrogen-bond acceptors (Lipinski definition) is 8. The van der Waals surface area contributed by atoms with Crippen molar-refractivity contribution in [1.82, 2.24) is 9.55 Å². The van der Waals surface area contributed by atoms with Crippen LogP contribution in [0.5, 0.6) is 0 Å². The molecule has 0 aliphatic carbocycles. The van der Waals surface area contributed by atoms with E-state index in [4.69, 9.17) is 24.1 Å². The summed E-state index contributed by atoms with van der Waals surface area (Å²) in [6.45, 7) is 5.53. The maximum atomic E-state index is 12.4. The van der Waals surface area contributed by atoms with E-state index in [9.17, 15) is 19.0 Å². The molecule has 1 saturated heterocycles. The van der Waals surface area contributed by atoms with Gasteiger partial charge in [-0.2, -0.15) is 0 Å². The lowest BCUT2D eigenvalue weighted by atomic mass is 10.1. The molecule has 222 valence electrons. The van der Waals surface area contributed by atoms with E-state index in [1.165, 1.54) is 69.1 Å². The Hall–Kier alpha value is -1.98. The number of nitrogens with one attached hydrogen (secondary N) is 1. The molecule has 0 radical (unpaired) electrons. The molecule has 1 aromatic heterocycles. The number of phosphoric acid groups is 1. The Labute approximate surface area is 229 Å². The summed E-state index contributed by atoms with van der Waals surface area (Å²) in [4.78, 5) is 38.9. The summed E-state index contributed by atoms with van der Waals surface area (Å²) in [5, 5.41) is 3.66. The van der Waals surface area contributed by atoms with Crippen molar-refractivity contribution in [2.45, 2.75) is 116 Å². The third kappa shape index (κ3) is 12.4. The fourth-order valence-corrected chi connectivity index (χ4v) is 5.16. The lowest BCUT2D eigenvalue weighted by molar-refractivity contribution is -0.0317. The molecule has 2 N–H and O–H groups in total. The average molecular weight is 574 g/mol. The third-order valence-electron chi connectivity index (χ3n) is 6.63. The number of aromatic nitrogens is 2. The standard InChI is InChI=1S/C25H44N5O8P/c1-4-5-6-7-8-9-10-11-12-13-14-35-20(3)17-36-39(33,34)37-18-22-21(28-29-26)15-23(38-22)30-16-19(2)24(31)27-25(30)32/h16,20-23H,4-15,17-18H2,1-3H3,(H,33,34)(H,27,31,32)/t20-,21?,22-,23-/m1/s1. The zero-order valence-corrected chi connectivity index (χ0v) is 24.2. The van der Waals surface area contributed by atoms with Gasteiger partial charge in [-0.1, -0.05) is 69.8 Å². The van der Waals surface area contributed by atoms with Crippen molar-refractivity contribution in [2.75, 3.05) is 19.8 Å². The molecule has 39 heavy (non-hydrogen) atoms. The van der Waals surface area contributed by atoms with Crippen LogP contribution >= 0.6 is 7.82 Å². The summed E-state index contributed by atoms with van der Waals surface area (Å²) in [5.41, 5.74) is 8.00. The highest BCUT2D eigenvalue weighted by molar-refractivity contribution is 7.47. The van der Waals surface area contributed by atoms with Gasteiger partial charge in [0.25, 0.3) is 5.56 Å². The Bertz CT molecular complexity index is 1070. The van der Waals surface area contributed by atoms with Gasteiger partial charge in [-0.05, 0) is 25.8 Å². The van der Waals surface area contributed by atoms with Crippen molar-refractivity contribution in [3.63, 3.8) is 0 Å². The molecule has 0 bridgehead atoms. The lowest BCUT2D eigenvalue weighted by Gasteiger charge is -2.20. The number of ether oxygens (including phenoxy) is 2. The van der Waals surface area contributed by atoms with Crippen LogP contribution in [0, 0.1) is 6.92 Å². The van der Waals surface area contributed by atoms with E-state index < -0.39 is 50.2 Å². The van der Waals surface area contributed by atoms with Gasteiger partial charge in [0.05, 0.1) is 31.5 Å². The van der Waals surface area contributed by atoms with Crippen molar-refractivity contribution in [3.8, 4) is 0 Å². The Morgan fingerprint density at radius 1 is 1.18 bits per heavy atom. The van der Waals surface area contributed by atoms with Crippen molar-refractivity contribution < 1.29 is 28.0 Å². The SMILES string of the molecule is CCCCCCCCCCCCO[C@H](C)COP(=O)(O)OC[C@H]1O[C@@H](n2cc(C)c(=O)[nH]c2=O)CC1N=[N+]=[N-]. The smallest absolute Gasteiger partial charge is 0.376 e. The average Bonchev–Trinajstić information content (AvgIpc) is 3.30. The Balaban J connectivity index is 1.68. The maximum Gasteiger partial charge on any atom is 0.472 e. The summed E-state index contributed by atoms with van der Waals surface area (Å²) in [6, 6.07) is -0.762. The van der Waals surface area contributed by atoms with Crippen LogP contribution in [-0.2, 0) is 23.1 Å². The number of azide groups is 1. The van der Waals surface area contributed by atoms with Crippen molar-refractivity contribution in [1.29, 1.82) is 0 Å². The molecule has 1 fully saturated rings. The number of phosphoric ester groups is 1. The molecule has 2 rings (SSSR count). The van der Waals surface area contributed by atoms with E-state index in [1.54, 1.807) is 6.92 Å². The first-order valence-corrected chi connectivity index (χ1v) is 15.4. The van der Waals surface area contributed by atoms with Crippen LogP contribution in [0.1, 0.15) is 96.3 Å². The van der Waals surface area contributed by atoms with Gasteiger partial charge in [0, 0.05) is 29.7 Å². The van der Waals surface area contributed by atoms with E-state index in [1.807, 2.05) is 0 Å². The van der Waals surface area contributed by atoms with Crippen molar-refractivity contribution in [3.05, 3.63) is 43.0 Å². The van der Waals surface area contributed by atoms with Crippen LogP contribution < -0.4 is 11.2 Å². The molecule has 0 spiro atoms. The molecular weight excluding hydrogens is 529 g/mol. The minimum absolute atomic E-state index is 0.115. The topological polar surface area (TPSA) is 178 Å². The fourth-order valence-electron chi connectivity index (χ4n) is 4.35. The van der Waals surface area contributed by atoms with E-state index in [2.05, 4.69) is 21.9 Å². The molecule has 0 saturated carbocycles. The molecule has 1 aliphatic heterocycles. The number of nitrogens with zero attached hydrogens (tertiary/aromatic N) is 4. The first-order valence-electron chi connectivity index (χ1n) is 13.9. The number of unbranched alkanes of at least 4 members (excludes halogenated alkanes) is 9. The third-order valence-corrected chi connectivity index (χ3v) is 7.59. The van der Waals surface area contributed by atoms with Gasteiger partial charge in [0.1, 0.15) is 6.23 Å². The summed E-state index contributed by atoms with van der Waals surface area (Å²) in [6.07, 6.45) is 11.6. The highest BCUT2D eigenvalue weighted by Gasteiger charge is 2.38. The normalized spacial score (nSPS) is 21.4. The minimum atomic E-state index is -4.44. The largest absolute Gasteiger partial charge is 0.472 e. The predicted octanol–water partition coefficient (Wildman–Crippen LogP) is 5.27. The van der Waals surface area contributed by atoms with Crippen LogP contribution in [0.25, 0.3) is 10.4 Å². The quantitative estimate of drug-likeness (QED) is 0.0696. The number of aryl methyl sites for hydroxylation is 1. The Morgan fingerprint density at radius 3 is 2.46 bits per heavy atom.